The van der Waals surface area contributed by atoms with Gasteiger partial charge in [-0.25, -0.2) is 0 Å². The summed E-state index contributed by atoms with van der Waals surface area (Å²) in [6.45, 7) is 18.8. The molecule has 6 aromatic rings. The molecule has 0 bridgehead atoms. The zero-order valence-corrected chi connectivity index (χ0v) is 31.4. The summed E-state index contributed by atoms with van der Waals surface area (Å²) in [5.41, 5.74) is 21.8. The molecule has 6 aromatic carbocycles. The molecule has 252 valence electrons. The molecule has 0 heterocycles. The summed E-state index contributed by atoms with van der Waals surface area (Å²) in [5, 5.41) is 0. The third-order valence-electron chi connectivity index (χ3n) is 12.5. The Balaban J connectivity index is 1.66. The third kappa shape index (κ3) is 5.10. The first kappa shape index (κ1) is 33.8. The van der Waals surface area contributed by atoms with Gasteiger partial charge in [-0.3, -0.25) is 0 Å². The number of hydrogen-bond donors (Lipinski definition) is 0. The highest BCUT2D eigenvalue weighted by atomic mass is 14.5. The average molecular weight is 653 g/mol. The molecule has 1 aliphatic carbocycles. The molecule has 0 heteroatoms. The van der Waals surface area contributed by atoms with Crippen molar-refractivity contribution in [3.63, 3.8) is 0 Å². The average Bonchev–Trinajstić information content (AvgIpc) is 3.14. The maximum Gasteiger partial charge on any atom is 0.0204 e. The molecule has 0 radical (unpaired) electrons. The lowest BCUT2D eigenvalue weighted by atomic mass is 9.53. The summed E-state index contributed by atoms with van der Waals surface area (Å²) in [4.78, 5) is 0. The van der Waals surface area contributed by atoms with Crippen molar-refractivity contribution in [2.45, 2.75) is 91.9 Å². The zero-order valence-electron chi connectivity index (χ0n) is 31.4. The molecule has 1 aliphatic rings. The van der Waals surface area contributed by atoms with Crippen LogP contribution < -0.4 is 0 Å². The van der Waals surface area contributed by atoms with Gasteiger partial charge in [-0.05, 0) is 167 Å². The van der Waals surface area contributed by atoms with Crippen molar-refractivity contribution in [2.75, 3.05) is 0 Å². The predicted octanol–water partition coefficient (Wildman–Crippen LogP) is 14.1. The van der Waals surface area contributed by atoms with Crippen molar-refractivity contribution in [1.29, 1.82) is 0 Å². The number of rotatable bonds is 8. The first-order valence-electron chi connectivity index (χ1n) is 18.9. The molecule has 0 saturated heterocycles. The molecule has 0 atom stereocenters. The first-order chi connectivity index (χ1) is 24.2. The van der Waals surface area contributed by atoms with Crippen LogP contribution in [-0.2, 0) is 10.8 Å². The molecule has 0 aliphatic heterocycles. The van der Waals surface area contributed by atoms with E-state index in [1.54, 1.807) is 0 Å². The predicted molar refractivity (Wildman–Crippen MR) is 216 cm³/mol. The maximum absolute atomic E-state index is 2.64. The van der Waals surface area contributed by atoms with Gasteiger partial charge in [-0.15, -0.1) is 0 Å². The van der Waals surface area contributed by atoms with Crippen LogP contribution in [0.3, 0.4) is 0 Å². The summed E-state index contributed by atoms with van der Waals surface area (Å²) < 4.78 is 0. The highest BCUT2D eigenvalue weighted by Gasteiger charge is 2.48. The molecule has 0 amide bonds. The Hall–Kier alpha value is -4.68. The second kappa shape index (κ2) is 13.2. The highest BCUT2D eigenvalue weighted by molar-refractivity contribution is 5.91. The van der Waals surface area contributed by atoms with E-state index in [1.165, 1.54) is 89.0 Å². The van der Waals surface area contributed by atoms with Crippen LogP contribution in [0.25, 0.3) is 44.5 Å². The number of hydrogen-bond acceptors (Lipinski definition) is 0. The van der Waals surface area contributed by atoms with E-state index >= 15 is 0 Å². The van der Waals surface area contributed by atoms with Gasteiger partial charge < -0.3 is 0 Å². The molecular weight excluding hydrogens is 601 g/mol. The molecule has 0 aromatic heterocycles. The summed E-state index contributed by atoms with van der Waals surface area (Å²) in [5.74, 6) is 0. The fourth-order valence-corrected chi connectivity index (χ4v) is 9.49. The number of aryl methyl sites for hydroxylation is 4. The molecule has 0 spiro atoms. The van der Waals surface area contributed by atoms with E-state index in [1.807, 2.05) is 0 Å². The number of fused-ring (bicyclic) bond motifs is 2. The van der Waals surface area contributed by atoms with Gasteiger partial charge in [0.15, 0.2) is 0 Å². The Kier molecular flexibility index (Phi) is 8.94. The molecule has 0 fully saturated rings. The molecule has 0 unspecified atom stereocenters. The van der Waals surface area contributed by atoms with Crippen LogP contribution in [0.4, 0.5) is 0 Å². The minimum Gasteiger partial charge on any atom is -0.0642 e. The van der Waals surface area contributed by atoms with Crippen molar-refractivity contribution >= 4 is 0 Å². The lowest BCUT2D eigenvalue weighted by molar-refractivity contribution is 0.388. The van der Waals surface area contributed by atoms with Gasteiger partial charge in [0.05, 0.1) is 0 Å². The molecule has 7 rings (SSSR count). The molecule has 0 saturated carbocycles. The van der Waals surface area contributed by atoms with Crippen LogP contribution in [0.15, 0.2) is 121 Å². The largest absolute Gasteiger partial charge is 0.0642 e. The van der Waals surface area contributed by atoms with Crippen LogP contribution in [0.5, 0.6) is 0 Å². The SMILES string of the molecule is CCC1(CC)c2cc(-c3ccccc3C)c(-c3ccccc3C)cc2C(CC)(CC)c2cc(-c3ccccc3C)c(-c3ccccc3C)cc21. The van der Waals surface area contributed by atoms with E-state index < -0.39 is 0 Å². The van der Waals surface area contributed by atoms with Gasteiger partial charge in [0.2, 0.25) is 0 Å². The molecule has 0 N–H and O–H groups in total. The lowest BCUT2D eigenvalue weighted by Crippen LogP contribution is -2.42. The topological polar surface area (TPSA) is 0 Å². The van der Waals surface area contributed by atoms with Crippen molar-refractivity contribution in [3.8, 4) is 44.5 Å². The van der Waals surface area contributed by atoms with Gasteiger partial charge in [0.1, 0.15) is 0 Å². The lowest BCUT2D eigenvalue weighted by Gasteiger charge is -2.50. The fraction of sp³-hybridized carbons (Fsp3) is 0.280. The van der Waals surface area contributed by atoms with Gasteiger partial charge in [0.25, 0.3) is 0 Å². The van der Waals surface area contributed by atoms with Gasteiger partial charge in [0, 0.05) is 10.8 Å². The van der Waals surface area contributed by atoms with Crippen molar-refractivity contribution in [2.24, 2.45) is 0 Å². The normalized spacial score (nSPS) is 14.2. The monoisotopic (exact) mass is 652 g/mol. The first-order valence-corrected chi connectivity index (χ1v) is 18.9. The standard InChI is InChI=1S/C50H52/c1-9-49(10-2)45-29-41(37-25-17-13-21-33(37)5)43(39-27-19-15-23-35(39)7)31-47(45)50(11-3,12-4)48-32-44(40-28-20-16-24-36(40)8)42(30-46(48)49)38-26-18-14-22-34(38)6/h13-32H,9-12H2,1-8H3. The van der Waals surface area contributed by atoms with Crippen molar-refractivity contribution < 1.29 is 0 Å². The van der Waals surface area contributed by atoms with E-state index in [2.05, 4.69) is 177 Å². The minimum atomic E-state index is -0.123. The summed E-state index contributed by atoms with van der Waals surface area (Å²) in [7, 11) is 0. The van der Waals surface area contributed by atoms with Crippen LogP contribution in [0.2, 0.25) is 0 Å². The van der Waals surface area contributed by atoms with E-state index in [9.17, 15) is 0 Å². The summed E-state index contributed by atoms with van der Waals surface area (Å²) in [6.07, 6.45) is 4.17. The Morgan fingerprint density at radius 3 is 0.680 bits per heavy atom. The smallest absolute Gasteiger partial charge is 0.0204 e. The van der Waals surface area contributed by atoms with Crippen LogP contribution in [0.1, 0.15) is 97.9 Å². The fourth-order valence-electron chi connectivity index (χ4n) is 9.49. The Labute approximate surface area is 301 Å². The van der Waals surface area contributed by atoms with Crippen LogP contribution in [-0.4, -0.2) is 0 Å². The molecule has 50 heavy (non-hydrogen) atoms. The van der Waals surface area contributed by atoms with E-state index in [0.29, 0.717) is 0 Å². The van der Waals surface area contributed by atoms with Gasteiger partial charge in [-0.2, -0.15) is 0 Å². The minimum absolute atomic E-state index is 0.123. The van der Waals surface area contributed by atoms with Crippen molar-refractivity contribution in [3.05, 3.63) is 166 Å². The van der Waals surface area contributed by atoms with E-state index in [-0.39, 0.29) is 10.8 Å². The summed E-state index contributed by atoms with van der Waals surface area (Å²) in [6, 6.07) is 46.4. The second-order valence-corrected chi connectivity index (χ2v) is 14.7. The summed E-state index contributed by atoms with van der Waals surface area (Å²) >= 11 is 0. The number of benzene rings is 6. The van der Waals surface area contributed by atoms with E-state index in [4.69, 9.17) is 0 Å². The molecular formula is C50H52. The zero-order chi connectivity index (χ0) is 35.2. The van der Waals surface area contributed by atoms with Crippen molar-refractivity contribution in [1.82, 2.24) is 0 Å². The molecule has 0 nitrogen and oxygen atoms in total. The maximum atomic E-state index is 2.64. The Bertz CT molecular complexity index is 1890. The van der Waals surface area contributed by atoms with Gasteiger partial charge in [-0.1, -0.05) is 125 Å². The third-order valence-corrected chi connectivity index (χ3v) is 12.5. The van der Waals surface area contributed by atoms with Crippen LogP contribution in [0, 0.1) is 27.7 Å². The van der Waals surface area contributed by atoms with E-state index in [0.717, 1.165) is 25.7 Å². The Morgan fingerprint density at radius 1 is 0.300 bits per heavy atom. The quantitative estimate of drug-likeness (QED) is 0.153. The van der Waals surface area contributed by atoms with Crippen LogP contribution >= 0.6 is 0 Å². The Morgan fingerprint density at radius 2 is 0.500 bits per heavy atom. The second-order valence-electron chi connectivity index (χ2n) is 14.7. The van der Waals surface area contributed by atoms with Gasteiger partial charge >= 0.3 is 0 Å². The highest BCUT2D eigenvalue weighted by Crippen LogP contribution is 2.59.